The number of hydrazone groups is 1. The molecule has 32 heavy (non-hydrogen) atoms. The van der Waals surface area contributed by atoms with Crippen molar-refractivity contribution in [2.45, 2.75) is 13.5 Å². The van der Waals surface area contributed by atoms with Crippen LogP contribution >= 0.6 is 11.6 Å². The topological polar surface area (TPSA) is 29.3 Å². The SMILES string of the molecule is Cc1c(C=NNc2c(F)c(F)c(F)c(F)c2F)c2ccccc2n1Cc1ccccc1Cl. The quantitative estimate of drug-likeness (QED) is 0.114. The van der Waals surface area contributed by atoms with Crippen molar-refractivity contribution in [3.8, 4) is 0 Å². The number of anilines is 1. The minimum atomic E-state index is -2.23. The molecule has 4 aromatic rings. The van der Waals surface area contributed by atoms with E-state index in [-0.39, 0.29) is 0 Å². The van der Waals surface area contributed by atoms with Gasteiger partial charge in [-0.2, -0.15) is 5.10 Å². The summed E-state index contributed by atoms with van der Waals surface area (Å²) in [6.07, 6.45) is 1.28. The zero-order valence-corrected chi connectivity index (χ0v) is 17.3. The molecule has 0 amide bonds. The molecule has 0 atom stereocenters. The molecule has 0 saturated carbocycles. The lowest BCUT2D eigenvalue weighted by Gasteiger charge is -2.10. The highest BCUT2D eigenvalue weighted by Crippen LogP contribution is 2.29. The summed E-state index contributed by atoms with van der Waals surface area (Å²) in [5.41, 5.74) is 3.85. The Hall–Kier alpha value is -3.39. The number of fused-ring (bicyclic) bond motifs is 1. The van der Waals surface area contributed by atoms with E-state index >= 15 is 0 Å². The van der Waals surface area contributed by atoms with Crippen molar-refractivity contribution in [3.63, 3.8) is 0 Å². The van der Waals surface area contributed by atoms with Gasteiger partial charge in [-0.1, -0.05) is 48.0 Å². The number of para-hydroxylation sites is 1. The summed E-state index contributed by atoms with van der Waals surface area (Å²) >= 11 is 6.29. The van der Waals surface area contributed by atoms with Gasteiger partial charge in [0.1, 0.15) is 5.69 Å². The summed E-state index contributed by atoms with van der Waals surface area (Å²) in [5.74, 6) is -10.3. The third kappa shape index (κ3) is 3.71. The van der Waals surface area contributed by atoms with Gasteiger partial charge in [0.15, 0.2) is 23.3 Å². The molecule has 0 fully saturated rings. The lowest BCUT2D eigenvalue weighted by atomic mass is 10.1. The van der Waals surface area contributed by atoms with Crippen molar-refractivity contribution in [2.75, 3.05) is 5.43 Å². The minimum Gasteiger partial charge on any atom is -0.340 e. The number of nitrogens with one attached hydrogen (secondary N) is 1. The fraction of sp³-hybridized carbons (Fsp3) is 0.0870. The first-order valence-electron chi connectivity index (χ1n) is 9.43. The van der Waals surface area contributed by atoms with Crippen LogP contribution in [0, 0.1) is 36.0 Å². The van der Waals surface area contributed by atoms with Crippen LogP contribution in [0.5, 0.6) is 0 Å². The Bertz CT molecular complexity index is 1330. The number of halogens is 6. The molecule has 3 aromatic carbocycles. The van der Waals surface area contributed by atoms with Gasteiger partial charge in [0.05, 0.1) is 6.21 Å². The molecule has 0 saturated heterocycles. The molecule has 0 aliphatic rings. The molecule has 0 unspecified atom stereocenters. The Morgan fingerprint density at radius 3 is 2.16 bits per heavy atom. The number of nitrogens with zero attached hydrogens (tertiary/aromatic N) is 2. The monoisotopic (exact) mass is 463 g/mol. The normalized spacial score (nSPS) is 11.6. The predicted molar refractivity (Wildman–Crippen MR) is 115 cm³/mol. The van der Waals surface area contributed by atoms with Crippen LogP contribution in [0.25, 0.3) is 10.9 Å². The highest BCUT2D eigenvalue weighted by molar-refractivity contribution is 6.31. The standard InChI is InChI=1S/C23H15ClF5N3/c1-12-15(10-30-31-23-21(28)19(26)18(25)20(27)22(23)29)14-7-3-5-9-17(14)32(12)11-13-6-2-4-8-16(13)24/h2-10,31H,11H2,1H3. The van der Waals surface area contributed by atoms with Gasteiger partial charge in [0.25, 0.3) is 0 Å². The molecule has 9 heteroatoms. The van der Waals surface area contributed by atoms with Crippen LogP contribution in [0.4, 0.5) is 27.6 Å². The minimum absolute atomic E-state index is 0.463. The molecule has 1 N–H and O–H groups in total. The summed E-state index contributed by atoms with van der Waals surface area (Å²) in [5, 5.41) is 5.14. The summed E-state index contributed by atoms with van der Waals surface area (Å²) in [6, 6.07) is 14.8. The first-order valence-corrected chi connectivity index (χ1v) is 9.80. The third-order valence-electron chi connectivity index (χ3n) is 5.15. The largest absolute Gasteiger partial charge is 0.340 e. The maximum Gasteiger partial charge on any atom is 0.200 e. The number of hydrogen-bond donors (Lipinski definition) is 1. The van der Waals surface area contributed by atoms with Gasteiger partial charge >= 0.3 is 0 Å². The molecule has 0 radical (unpaired) electrons. The summed E-state index contributed by atoms with van der Waals surface area (Å²) in [6.45, 7) is 2.29. The Morgan fingerprint density at radius 1 is 0.875 bits per heavy atom. The summed E-state index contributed by atoms with van der Waals surface area (Å²) in [4.78, 5) is 0. The smallest absolute Gasteiger partial charge is 0.200 e. The van der Waals surface area contributed by atoms with Crippen molar-refractivity contribution in [1.82, 2.24) is 4.57 Å². The second-order valence-corrected chi connectivity index (χ2v) is 7.42. The van der Waals surface area contributed by atoms with Crippen molar-refractivity contribution in [2.24, 2.45) is 5.10 Å². The second kappa shape index (κ2) is 8.63. The summed E-state index contributed by atoms with van der Waals surface area (Å²) < 4.78 is 69.8. The average Bonchev–Trinajstić information content (AvgIpc) is 3.06. The van der Waals surface area contributed by atoms with E-state index in [0.717, 1.165) is 22.2 Å². The van der Waals surface area contributed by atoms with E-state index in [1.165, 1.54) is 6.21 Å². The lowest BCUT2D eigenvalue weighted by Crippen LogP contribution is -2.07. The van der Waals surface area contributed by atoms with Gasteiger partial charge in [-0.15, -0.1) is 0 Å². The average molecular weight is 464 g/mol. The molecule has 164 valence electrons. The fourth-order valence-corrected chi connectivity index (χ4v) is 3.68. The maximum atomic E-state index is 13.9. The van der Waals surface area contributed by atoms with Gasteiger partial charge in [-0.25, -0.2) is 22.0 Å². The van der Waals surface area contributed by atoms with E-state index in [9.17, 15) is 22.0 Å². The summed E-state index contributed by atoms with van der Waals surface area (Å²) in [7, 11) is 0. The van der Waals surface area contributed by atoms with Crippen LogP contribution in [0.2, 0.25) is 5.02 Å². The number of rotatable bonds is 5. The number of aromatic nitrogens is 1. The van der Waals surface area contributed by atoms with E-state index in [1.54, 1.807) is 6.07 Å². The first kappa shape index (κ1) is 21.8. The Kier molecular flexibility index (Phi) is 5.88. The highest BCUT2D eigenvalue weighted by atomic mass is 35.5. The van der Waals surface area contributed by atoms with E-state index in [4.69, 9.17) is 11.6 Å². The van der Waals surface area contributed by atoms with Crippen LogP contribution in [0.15, 0.2) is 53.6 Å². The van der Waals surface area contributed by atoms with Crippen molar-refractivity contribution >= 4 is 34.4 Å². The first-order chi connectivity index (χ1) is 15.3. The van der Waals surface area contributed by atoms with Gasteiger partial charge in [-0.05, 0) is 24.6 Å². The molecule has 0 aliphatic carbocycles. The van der Waals surface area contributed by atoms with Crippen molar-refractivity contribution in [1.29, 1.82) is 0 Å². The molecule has 4 rings (SSSR count). The van der Waals surface area contributed by atoms with Crippen LogP contribution in [0.1, 0.15) is 16.8 Å². The van der Waals surface area contributed by atoms with Crippen LogP contribution in [0.3, 0.4) is 0 Å². The molecule has 0 bridgehead atoms. The number of benzene rings is 3. The van der Waals surface area contributed by atoms with Gasteiger partial charge in [-0.3, -0.25) is 5.43 Å². The Labute approximate surface area is 184 Å². The van der Waals surface area contributed by atoms with Crippen molar-refractivity contribution < 1.29 is 22.0 Å². The van der Waals surface area contributed by atoms with Crippen molar-refractivity contribution in [3.05, 3.63) is 99.5 Å². The Morgan fingerprint density at radius 2 is 1.47 bits per heavy atom. The van der Waals surface area contributed by atoms with Gasteiger partial charge < -0.3 is 4.57 Å². The lowest BCUT2D eigenvalue weighted by molar-refractivity contribution is 0.381. The van der Waals surface area contributed by atoms with E-state index in [2.05, 4.69) is 5.10 Å². The fourth-order valence-electron chi connectivity index (χ4n) is 3.49. The van der Waals surface area contributed by atoms with Crippen LogP contribution in [-0.2, 0) is 6.54 Å². The highest BCUT2D eigenvalue weighted by Gasteiger charge is 2.25. The van der Waals surface area contributed by atoms with Gasteiger partial charge in [0, 0.05) is 33.7 Å². The van der Waals surface area contributed by atoms with E-state index in [1.807, 2.05) is 59.4 Å². The van der Waals surface area contributed by atoms with Crippen LogP contribution in [-0.4, -0.2) is 10.8 Å². The molecule has 0 aliphatic heterocycles. The predicted octanol–water partition coefficient (Wildman–Crippen LogP) is 6.79. The van der Waals surface area contributed by atoms with E-state index < -0.39 is 34.8 Å². The molecule has 3 nitrogen and oxygen atoms in total. The molecular formula is C23H15ClF5N3. The van der Waals surface area contributed by atoms with Gasteiger partial charge in [0.2, 0.25) is 5.82 Å². The van der Waals surface area contributed by atoms with Crippen LogP contribution < -0.4 is 5.43 Å². The molecule has 1 aromatic heterocycles. The maximum absolute atomic E-state index is 13.9. The number of hydrogen-bond acceptors (Lipinski definition) is 2. The Balaban J connectivity index is 1.73. The second-order valence-electron chi connectivity index (χ2n) is 7.01. The molecule has 1 heterocycles. The zero-order chi connectivity index (χ0) is 23.0. The van der Waals surface area contributed by atoms with E-state index in [0.29, 0.717) is 17.1 Å². The zero-order valence-electron chi connectivity index (χ0n) is 16.6. The molecule has 0 spiro atoms. The third-order valence-corrected chi connectivity index (χ3v) is 5.51. The molecular weight excluding hydrogens is 449 g/mol.